The van der Waals surface area contributed by atoms with Crippen molar-refractivity contribution in [2.24, 2.45) is 5.92 Å². The molecule has 2 heterocycles. The fraction of sp³-hybridized carbons (Fsp3) is 0.571. The van der Waals surface area contributed by atoms with E-state index in [-0.39, 0.29) is 5.91 Å². The lowest BCUT2D eigenvalue weighted by Crippen LogP contribution is -2.49. The van der Waals surface area contributed by atoms with Gasteiger partial charge in [0.1, 0.15) is 5.69 Å². The molecule has 0 spiro atoms. The number of para-hydroxylation sites is 1. The standard InChI is InChI=1S/C21H31N3O/c1-3-7-17(4-2)10-11-23-12-14-24(15-13-23)21(25)20-16-18-8-5-6-9-19(18)22-20/h5-6,8-9,16-17,22H,3-4,7,10-15H2,1-2H3. The van der Waals surface area contributed by atoms with Crippen molar-refractivity contribution < 1.29 is 4.79 Å². The lowest BCUT2D eigenvalue weighted by molar-refractivity contribution is 0.0624. The first-order valence-electron chi connectivity index (χ1n) is 9.80. The third-order valence-electron chi connectivity index (χ3n) is 5.55. The van der Waals surface area contributed by atoms with E-state index in [2.05, 4.69) is 23.7 Å². The second kappa shape index (κ2) is 8.52. The number of hydrogen-bond donors (Lipinski definition) is 1. The van der Waals surface area contributed by atoms with Crippen molar-refractivity contribution in [3.63, 3.8) is 0 Å². The molecule has 1 atom stereocenters. The number of benzene rings is 1. The first kappa shape index (κ1) is 18.0. The number of fused-ring (bicyclic) bond motifs is 1. The molecule has 1 aromatic carbocycles. The molecule has 1 amide bonds. The number of carbonyl (C=O) groups excluding carboxylic acids is 1. The number of rotatable bonds is 7. The number of carbonyl (C=O) groups is 1. The summed E-state index contributed by atoms with van der Waals surface area (Å²) in [6, 6.07) is 10.0. The highest BCUT2D eigenvalue weighted by Crippen LogP contribution is 2.18. The average molecular weight is 341 g/mol. The van der Waals surface area contributed by atoms with Crippen molar-refractivity contribution in [3.8, 4) is 0 Å². The van der Waals surface area contributed by atoms with Crippen LogP contribution in [0.1, 0.15) is 50.0 Å². The topological polar surface area (TPSA) is 39.3 Å². The second-order valence-electron chi connectivity index (χ2n) is 7.26. The largest absolute Gasteiger partial charge is 0.351 e. The van der Waals surface area contributed by atoms with Crippen LogP contribution >= 0.6 is 0 Å². The van der Waals surface area contributed by atoms with Crippen LogP contribution < -0.4 is 0 Å². The molecule has 3 rings (SSSR count). The van der Waals surface area contributed by atoms with E-state index in [9.17, 15) is 4.79 Å². The molecule has 1 aliphatic rings. The Labute approximate surface area is 151 Å². The molecule has 0 aliphatic carbocycles. The molecule has 0 radical (unpaired) electrons. The van der Waals surface area contributed by atoms with Crippen LogP contribution in [0, 0.1) is 5.92 Å². The van der Waals surface area contributed by atoms with E-state index in [4.69, 9.17) is 0 Å². The number of nitrogens with zero attached hydrogens (tertiary/aromatic N) is 2. The van der Waals surface area contributed by atoms with Gasteiger partial charge in [-0.15, -0.1) is 0 Å². The van der Waals surface area contributed by atoms with Gasteiger partial charge in [0.05, 0.1) is 0 Å². The van der Waals surface area contributed by atoms with Crippen molar-refractivity contribution in [1.82, 2.24) is 14.8 Å². The van der Waals surface area contributed by atoms with Crippen LogP contribution in [0.15, 0.2) is 30.3 Å². The van der Waals surface area contributed by atoms with Crippen LogP contribution in [-0.2, 0) is 0 Å². The summed E-state index contributed by atoms with van der Waals surface area (Å²) in [7, 11) is 0. The maximum absolute atomic E-state index is 12.7. The normalized spacial score (nSPS) is 17.1. The zero-order valence-corrected chi connectivity index (χ0v) is 15.6. The van der Waals surface area contributed by atoms with Gasteiger partial charge in [0, 0.05) is 37.1 Å². The fourth-order valence-electron chi connectivity index (χ4n) is 3.86. The van der Waals surface area contributed by atoms with E-state index in [0.29, 0.717) is 5.69 Å². The molecule has 136 valence electrons. The Bertz CT molecular complexity index is 652. The van der Waals surface area contributed by atoms with Crippen molar-refractivity contribution in [1.29, 1.82) is 0 Å². The maximum Gasteiger partial charge on any atom is 0.270 e. The summed E-state index contributed by atoms with van der Waals surface area (Å²) in [5.41, 5.74) is 1.75. The molecule has 1 fully saturated rings. The van der Waals surface area contributed by atoms with E-state index >= 15 is 0 Å². The number of piperazine rings is 1. The Morgan fingerprint density at radius 1 is 1.12 bits per heavy atom. The van der Waals surface area contributed by atoms with Crippen LogP contribution in [0.25, 0.3) is 10.9 Å². The van der Waals surface area contributed by atoms with Gasteiger partial charge < -0.3 is 9.88 Å². The Morgan fingerprint density at radius 2 is 1.88 bits per heavy atom. The Morgan fingerprint density at radius 3 is 2.56 bits per heavy atom. The molecule has 1 N–H and O–H groups in total. The molecule has 1 aliphatic heterocycles. The molecular formula is C21H31N3O. The summed E-state index contributed by atoms with van der Waals surface area (Å²) in [5, 5.41) is 1.10. The molecule has 0 bridgehead atoms. The summed E-state index contributed by atoms with van der Waals surface area (Å²) in [5.74, 6) is 0.990. The molecule has 4 heteroatoms. The van der Waals surface area contributed by atoms with Gasteiger partial charge in [0.2, 0.25) is 0 Å². The second-order valence-corrected chi connectivity index (χ2v) is 7.26. The van der Waals surface area contributed by atoms with Crippen LogP contribution in [0.2, 0.25) is 0 Å². The van der Waals surface area contributed by atoms with E-state index in [0.717, 1.165) is 43.0 Å². The first-order chi connectivity index (χ1) is 12.2. The number of aromatic nitrogens is 1. The van der Waals surface area contributed by atoms with Gasteiger partial charge in [-0.3, -0.25) is 9.69 Å². The Balaban J connectivity index is 1.50. The summed E-state index contributed by atoms with van der Waals surface area (Å²) in [4.78, 5) is 20.5. The summed E-state index contributed by atoms with van der Waals surface area (Å²) >= 11 is 0. The maximum atomic E-state index is 12.7. The first-order valence-corrected chi connectivity index (χ1v) is 9.80. The van der Waals surface area contributed by atoms with Crippen LogP contribution in [0.5, 0.6) is 0 Å². The predicted molar refractivity (Wildman–Crippen MR) is 104 cm³/mol. The molecule has 2 aromatic rings. The molecule has 1 aromatic heterocycles. The van der Waals surface area contributed by atoms with Gasteiger partial charge in [0.25, 0.3) is 5.91 Å². The van der Waals surface area contributed by atoms with Gasteiger partial charge in [0.15, 0.2) is 0 Å². The van der Waals surface area contributed by atoms with Crippen LogP contribution in [0.4, 0.5) is 0 Å². The SMILES string of the molecule is CCCC(CC)CCN1CCN(C(=O)c2cc3ccccc3[nH]2)CC1. The van der Waals surface area contributed by atoms with Gasteiger partial charge in [-0.2, -0.15) is 0 Å². The van der Waals surface area contributed by atoms with Crippen molar-refractivity contribution in [2.75, 3.05) is 32.7 Å². The smallest absolute Gasteiger partial charge is 0.270 e. The van der Waals surface area contributed by atoms with E-state index < -0.39 is 0 Å². The molecule has 1 unspecified atom stereocenters. The highest BCUT2D eigenvalue weighted by molar-refractivity contribution is 5.98. The van der Waals surface area contributed by atoms with Crippen molar-refractivity contribution in [3.05, 3.63) is 36.0 Å². The third-order valence-corrected chi connectivity index (χ3v) is 5.55. The number of H-pyrrole nitrogens is 1. The summed E-state index contributed by atoms with van der Waals surface area (Å²) < 4.78 is 0. The van der Waals surface area contributed by atoms with Gasteiger partial charge in [-0.05, 0) is 31.0 Å². The lowest BCUT2D eigenvalue weighted by atomic mass is 9.97. The van der Waals surface area contributed by atoms with E-state index in [1.54, 1.807) is 0 Å². The average Bonchev–Trinajstić information content (AvgIpc) is 3.09. The summed E-state index contributed by atoms with van der Waals surface area (Å²) in [6.07, 6.45) is 5.20. The molecular weight excluding hydrogens is 310 g/mol. The van der Waals surface area contributed by atoms with Gasteiger partial charge in [-0.25, -0.2) is 0 Å². The fourth-order valence-corrected chi connectivity index (χ4v) is 3.86. The monoisotopic (exact) mass is 341 g/mol. The van der Waals surface area contributed by atoms with Crippen LogP contribution in [-0.4, -0.2) is 53.4 Å². The zero-order chi connectivity index (χ0) is 17.6. The number of amides is 1. The number of nitrogens with one attached hydrogen (secondary N) is 1. The number of hydrogen-bond acceptors (Lipinski definition) is 2. The summed E-state index contributed by atoms with van der Waals surface area (Å²) in [6.45, 7) is 9.40. The Hall–Kier alpha value is -1.81. The van der Waals surface area contributed by atoms with Crippen molar-refractivity contribution in [2.45, 2.75) is 39.5 Å². The highest BCUT2D eigenvalue weighted by atomic mass is 16.2. The van der Waals surface area contributed by atoms with E-state index in [1.807, 2.05) is 35.2 Å². The number of aromatic amines is 1. The zero-order valence-electron chi connectivity index (χ0n) is 15.6. The molecule has 1 saturated heterocycles. The van der Waals surface area contributed by atoms with Crippen molar-refractivity contribution >= 4 is 16.8 Å². The Kier molecular flexibility index (Phi) is 6.14. The minimum atomic E-state index is 0.133. The quantitative estimate of drug-likeness (QED) is 0.822. The lowest BCUT2D eigenvalue weighted by Gasteiger charge is -2.35. The van der Waals surface area contributed by atoms with E-state index in [1.165, 1.54) is 32.2 Å². The highest BCUT2D eigenvalue weighted by Gasteiger charge is 2.23. The minimum absolute atomic E-state index is 0.133. The molecule has 4 nitrogen and oxygen atoms in total. The van der Waals surface area contributed by atoms with Gasteiger partial charge in [-0.1, -0.05) is 51.3 Å². The van der Waals surface area contributed by atoms with Gasteiger partial charge >= 0.3 is 0 Å². The predicted octanol–water partition coefficient (Wildman–Crippen LogP) is 4.14. The molecule has 0 saturated carbocycles. The van der Waals surface area contributed by atoms with Crippen LogP contribution in [0.3, 0.4) is 0 Å². The third kappa shape index (κ3) is 4.43. The molecule has 25 heavy (non-hydrogen) atoms. The minimum Gasteiger partial charge on any atom is -0.351 e.